The summed E-state index contributed by atoms with van der Waals surface area (Å²) in [5, 5.41) is 3.10. The van der Waals surface area contributed by atoms with Crippen LogP contribution in [0.4, 0.5) is 5.69 Å². The number of carbonyl (C=O) groups excluding carboxylic acids is 2. The van der Waals surface area contributed by atoms with Crippen LogP contribution in [0.2, 0.25) is 0 Å². The lowest BCUT2D eigenvalue weighted by Crippen LogP contribution is -2.52. The van der Waals surface area contributed by atoms with Crippen molar-refractivity contribution >= 4 is 27.5 Å². The Morgan fingerprint density at radius 3 is 2.24 bits per heavy atom. The number of benzene rings is 3. The molecule has 1 unspecified atom stereocenters. The quantitative estimate of drug-likeness (QED) is 0.305. The van der Waals surface area contributed by atoms with Crippen molar-refractivity contribution in [2.75, 3.05) is 17.5 Å². The van der Waals surface area contributed by atoms with Gasteiger partial charge in [-0.3, -0.25) is 13.9 Å². The third kappa shape index (κ3) is 7.70. The molecule has 3 aromatic rings. The molecular weight excluding hydrogens is 550 g/mol. The molecule has 2 amide bonds. The molecule has 1 aliphatic carbocycles. The van der Waals surface area contributed by atoms with Crippen LogP contribution < -0.4 is 14.4 Å². The molecule has 0 bridgehead atoms. The van der Waals surface area contributed by atoms with E-state index in [0.717, 1.165) is 46.7 Å². The van der Waals surface area contributed by atoms with Gasteiger partial charge in [0.05, 0.1) is 17.2 Å². The summed E-state index contributed by atoms with van der Waals surface area (Å²) < 4.78 is 34.6. The van der Waals surface area contributed by atoms with Crippen molar-refractivity contribution in [1.82, 2.24) is 10.2 Å². The van der Waals surface area contributed by atoms with Crippen LogP contribution in [0.3, 0.4) is 0 Å². The van der Waals surface area contributed by atoms with Crippen LogP contribution >= 0.6 is 0 Å². The minimum Gasteiger partial charge on any atom is -0.494 e. The van der Waals surface area contributed by atoms with E-state index in [1.54, 1.807) is 31.2 Å². The van der Waals surface area contributed by atoms with E-state index in [1.807, 2.05) is 57.2 Å². The number of rotatable bonds is 12. The number of hydrogen-bond donors (Lipinski definition) is 1. The molecule has 0 aromatic heterocycles. The van der Waals surface area contributed by atoms with Gasteiger partial charge in [-0.1, -0.05) is 60.4 Å². The molecule has 3 aromatic carbocycles. The largest absolute Gasteiger partial charge is 0.494 e. The Kier molecular flexibility index (Phi) is 10.3. The van der Waals surface area contributed by atoms with Crippen LogP contribution in [0.5, 0.6) is 5.75 Å². The number of aryl methyl sites for hydroxylation is 2. The highest BCUT2D eigenvalue weighted by molar-refractivity contribution is 7.92. The topological polar surface area (TPSA) is 96.0 Å². The zero-order chi connectivity index (χ0) is 30.3. The van der Waals surface area contributed by atoms with Crippen molar-refractivity contribution in [3.63, 3.8) is 0 Å². The van der Waals surface area contributed by atoms with Crippen molar-refractivity contribution in [3.05, 3.63) is 89.5 Å². The summed E-state index contributed by atoms with van der Waals surface area (Å²) in [5.41, 5.74) is 3.21. The van der Waals surface area contributed by atoms with E-state index in [4.69, 9.17) is 4.74 Å². The Bertz CT molecular complexity index is 1470. The Morgan fingerprint density at radius 2 is 1.62 bits per heavy atom. The van der Waals surface area contributed by atoms with E-state index < -0.39 is 28.5 Å². The Morgan fingerprint density at radius 1 is 0.952 bits per heavy atom. The molecular formula is C33H41N3O5S. The number of anilines is 1. The summed E-state index contributed by atoms with van der Waals surface area (Å²) >= 11 is 0. The lowest BCUT2D eigenvalue weighted by atomic mass is 10.1. The van der Waals surface area contributed by atoms with Crippen LogP contribution in [-0.2, 0) is 26.2 Å². The van der Waals surface area contributed by atoms with Gasteiger partial charge in [0.25, 0.3) is 10.0 Å². The van der Waals surface area contributed by atoms with E-state index in [1.165, 1.54) is 17.0 Å². The molecule has 224 valence electrons. The van der Waals surface area contributed by atoms with E-state index >= 15 is 0 Å². The van der Waals surface area contributed by atoms with Gasteiger partial charge in [-0.15, -0.1) is 0 Å². The van der Waals surface area contributed by atoms with Crippen molar-refractivity contribution in [2.24, 2.45) is 0 Å². The third-order valence-electron chi connectivity index (χ3n) is 7.63. The van der Waals surface area contributed by atoms with Crippen LogP contribution in [0.1, 0.15) is 56.2 Å². The molecule has 8 nitrogen and oxygen atoms in total. The van der Waals surface area contributed by atoms with Crippen molar-refractivity contribution in [2.45, 2.75) is 76.9 Å². The summed E-state index contributed by atoms with van der Waals surface area (Å²) in [5.74, 6) is -0.152. The summed E-state index contributed by atoms with van der Waals surface area (Å²) in [6.07, 6.45) is 3.98. The fourth-order valence-corrected chi connectivity index (χ4v) is 6.64. The van der Waals surface area contributed by atoms with Gasteiger partial charge in [0.1, 0.15) is 18.3 Å². The number of nitrogens with zero attached hydrogens (tertiary/aromatic N) is 2. The van der Waals surface area contributed by atoms with Crippen molar-refractivity contribution in [3.8, 4) is 5.75 Å². The van der Waals surface area contributed by atoms with Crippen LogP contribution in [-0.4, -0.2) is 50.4 Å². The first-order chi connectivity index (χ1) is 20.1. The number of carbonyl (C=O) groups is 2. The second kappa shape index (κ2) is 13.9. The highest BCUT2D eigenvalue weighted by Crippen LogP contribution is 2.27. The maximum absolute atomic E-state index is 14.1. The Labute approximate surface area is 249 Å². The van der Waals surface area contributed by atoms with Gasteiger partial charge in [-0.25, -0.2) is 8.42 Å². The van der Waals surface area contributed by atoms with E-state index in [2.05, 4.69) is 5.32 Å². The normalized spacial score (nSPS) is 14.3. The summed E-state index contributed by atoms with van der Waals surface area (Å²) in [6, 6.07) is 20.2. The Hall–Kier alpha value is -3.85. The van der Waals surface area contributed by atoms with Crippen molar-refractivity contribution < 1.29 is 22.7 Å². The van der Waals surface area contributed by atoms with E-state index in [0.29, 0.717) is 18.0 Å². The molecule has 4 rings (SSSR count). The van der Waals surface area contributed by atoms with Gasteiger partial charge in [0.2, 0.25) is 11.8 Å². The monoisotopic (exact) mass is 591 g/mol. The average Bonchev–Trinajstić information content (AvgIpc) is 3.48. The minimum atomic E-state index is -4.14. The number of nitrogens with one attached hydrogen (secondary N) is 1. The lowest BCUT2D eigenvalue weighted by Gasteiger charge is -2.32. The number of ether oxygens (including phenoxy) is 1. The Balaban J connectivity index is 1.67. The van der Waals surface area contributed by atoms with Gasteiger partial charge in [-0.2, -0.15) is 0 Å². The van der Waals surface area contributed by atoms with E-state index in [9.17, 15) is 18.0 Å². The van der Waals surface area contributed by atoms with Crippen molar-refractivity contribution in [1.29, 1.82) is 0 Å². The molecule has 0 aliphatic heterocycles. The zero-order valence-electron chi connectivity index (χ0n) is 24.9. The average molecular weight is 592 g/mol. The smallest absolute Gasteiger partial charge is 0.264 e. The second-order valence-electron chi connectivity index (χ2n) is 10.9. The number of hydrogen-bond acceptors (Lipinski definition) is 5. The molecule has 1 N–H and O–H groups in total. The molecule has 0 spiro atoms. The number of amides is 2. The van der Waals surface area contributed by atoms with E-state index in [-0.39, 0.29) is 23.4 Å². The molecule has 1 atom stereocenters. The molecule has 0 radical (unpaired) electrons. The fraction of sp³-hybridized carbons (Fsp3) is 0.394. The molecule has 0 heterocycles. The molecule has 1 saturated carbocycles. The standard InChI is InChI=1S/C33H41N3O5S/c1-5-41-30-17-19-31(20-18-30)42(39,40)36(29-15-13-24(2)14-16-29)23-32(37)35(22-27-10-8-9-25(3)21-27)26(4)33(38)34-28-11-6-7-12-28/h8-10,13-21,26,28H,5-7,11-12,22-23H2,1-4H3,(H,34,38). The molecule has 42 heavy (non-hydrogen) atoms. The molecule has 0 saturated heterocycles. The van der Waals surface area contributed by atoms with Gasteiger partial charge in [0, 0.05) is 12.6 Å². The zero-order valence-corrected chi connectivity index (χ0v) is 25.7. The second-order valence-corrected chi connectivity index (χ2v) is 12.8. The summed E-state index contributed by atoms with van der Waals surface area (Å²) in [4.78, 5) is 29.0. The predicted molar refractivity (Wildman–Crippen MR) is 165 cm³/mol. The fourth-order valence-electron chi connectivity index (χ4n) is 5.22. The van der Waals surface area contributed by atoms with Gasteiger partial charge < -0.3 is 15.0 Å². The highest BCUT2D eigenvalue weighted by Gasteiger charge is 2.33. The third-order valence-corrected chi connectivity index (χ3v) is 9.42. The first-order valence-electron chi connectivity index (χ1n) is 14.6. The highest BCUT2D eigenvalue weighted by atomic mass is 32.2. The molecule has 1 aliphatic rings. The van der Waals surface area contributed by atoms with Gasteiger partial charge in [-0.05, 0) is 82.5 Å². The maximum atomic E-state index is 14.1. The van der Waals surface area contributed by atoms with Crippen LogP contribution in [0.25, 0.3) is 0 Å². The predicted octanol–water partition coefficient (Wildman–Crippen LogP) is 5.37. The lowest BCUT2D eigenvalue weighted by molar-refractivity contribution is -0.139. The first-order valence-corrected chi connectivity index (χ1v) is 16.0. The minimum absolute atomic E-state index is 0.0385. The summed E-state index contributed by atoms with van der Waals surface area (Å²) in [7, 11) is -4.14. The number of sulfonamides is 1. The maximum Gasteiger partial charge on any atom is 0.264 e. The summed E-state index contributed by atoms with van der Waals surface area (Å²) in [6.45, 7) is 7.60. The van der Waals surface area contributed by atoms with Gasteiger partial charge in [0.15, 0.2) is 0 Å². The molecule has 1 fully saturated rings. The molecule has 9 heteroatoms. The van der Waals surface area contributed by atoms with Gasteiger partial charge >= 0.3 is 0 Å². The SMILES string of the molecule is CCOc1ccc(S(=O)(=O)N(CC(=O)N(Cc2cccc(C)c2)C(C)C(=O)NC2CCCC2)c2ccc(C)cc2)cc1. The van der Waals surface area contributed by atoms with Crippen LogP contribution in [0, 0.1) is 13.8 Å². The first kappa shape index (κ1) is 31.1. The van der Waals surface area contributed by atoms with Crippen LogP contribution in [0.15, 0.2) is 77.7 Å².